The van der Waals surface area contributed by atoms with E-state index < -0.39 is 0 Å². The quantitative estimate of drug-likeness (QED) is 0.734. The summed E-state index contributed by atoms with van der Waals surface area (Å²) in [6.07, 6.45) is 0. The minimum Gasteiger partial charge on any atom is -0.372 e. The third-order valence-electron chi connectivity index (χ3n) is 2.67. The second-order valence-electron chi connectivity index (χ2n) is 3.88. The lowest BCUT2D eigenvalue weighted by molar-refractivity contribution is -0.118. The van der Waals surface area contributed by atoms with E-state index in [9.17, 15) is 4.79 Å². The molecule has 0 saturated carbocycles. The molecule has 0 spiro atoms. The van der Waals surface area contributed by atoms with Gasteiger partial charge in [-0.05, 0) is 31.5 Å². The number of nitrogens with zero attached hydrogens (tertiary/aromatic N) is 1. The number of likely N-dealkylation sites (N-methyl/N-ethyl adjacent to an activating group) is 1. The van der Waals surface area contributed by atoms with E-state index in [-0.39, 0.29) is 11.9 Å². The number of carbonyl (C=O) groups excluding carboxylic acids is 1. The van der Waals surface area contributed by atoms with Crippen LogP contribution in [0.15, 0.2) is 12.1 Å². The van der Waals surface area contributed by atoms with E-state index in [2.05, 4.69) is 5.32 Å². The van der Waals surface area contributed by atoms with Crippen molar-refractivity contribution in [2.24, 2.45) is 0 Å². The lowest BCUT2D eigenvalue weighted by Gasteiger charge is -2.32. The van der Waals surface area contributed by atoms with E-state index in [4.69, 9.17) is 11.6 Å². The van der Waals surface area contributed by atoms with Crippen LogP contribution in [0.4, 0.5) is 11.4 Å². The molecule has 1 heterocycles. The number of nitrogens with one attached hydrogen (secondary N) is 1. The summed E-state index contributed by atoms with van der Waals surface area (Å²) in [7, 11) is 1.79. The summed E-state index contributed by atoms with van der Waals surface area (Å²) in [5.41, 5.74) is 2.85. The standard InChI is InChI=1S/C11H13ClN2O/c1-6-4-8(12)5-9-10(6)14(3)11(15)7(2)13-9/h4-5,7,13H,1-3H3. The first-order valence-corrected chi connectivity index (χ1v) is 5.22. The Morgan fingerprint density at radius 2 is 2.13 bits per heavy atom. The fourth-order valence-electron chi connectivity index (χ4n) is 1.99. The summed E-state index contributed by atoms with van der Waals surface area (Å²) in [5, 5.41) is 3.83. The third-order valence-corrected chi connectivity index (χ3v) is 2.89. The number of carbonyl (C=O) groups is 1. The number of amides is 1. The molecule has 0 saturated heterocycles. The molecule has 15 heavy (non-hydrogen) atoms. The Morgan fingerprint density at radius 1 is 1.47 bits per heavy atom. The molecular weight excluding hydrogens is 212 g/mol. The van der Waals surface area contributed by atoms with E-state index in [0.717, 1.165) is 16.9 Å². The van der Waals surface area contributed by atoms with Gasteiger partial charge in [0, 0.05) is 12.1 Å². The van der Waals surface area contributed by atoms with Gasteiger partial charge in [0.2, 0.25) is 5.91 Å². The van der Waals surface area contributed by atoms with E-state index in [1.54, 1.807) is 11.9 Å². The number of halogens is 1. The minimum atomic E-state index is -0.194. The maximum absolute atomic E-state index is 11.8. The Bertz CT molecular complexity index is 431. The van der Waals surface area contributed by atoms with Crippen LogP contribution in [0.3, 0.4) is 0 Å². The van der Waals surface area contributed by atoms with E-state index >= 15 is 0 Å². The van der Waals surface area contributed by atoms with Gasteiger partial charge in [-0.2, -0.15) is 0 Å². The maximum atomic E-state index is 11.8. The average Bonchev–Trinajstić information content (AvgIpc) is 2.13. The molecule has 1 aliphatic rings. The lowest BCUT2D eigenvalue weighted by atomic mass is 10.1. The van der Waals surface area contributed by atoms with Gasteiger partial charge >= 0.3 is 0 Å². The molecule has 4 heteroatoms. The Morgan fingerprint density at radius 3 is 2.80 bits per heavy atom. The van der Waals surface area contributed by atoms with Gasteiger partial charge in [0.25, 0.3) is 0 Å². The van der Waals surface area contributed by atoms with E-state index in [1.807, 2.05) is 26.0 Å². The predicted octanol–water partition coefficient (Wildman–Crippen LogP) is 2.43. The fourth-order valence-corrected chi connectivity index (χ4v) is 2.26. The average molecular weight is 225 g/mol. The van der Waals surface area contributed by atoms with Crippen LogP contribution in [-0.2, 0) is 4.79 Å². The van der Waals surface area contributed by atoms with Crippen molar-refractivity contribution < 1.29 is 4.79 Å². The zero-order chi connectivity index (χ0) is 11.2. The Labute approximate surface area is 94.0 Å². The van der Waals surface area contributed by atoms with Crippen LogP contribution in [0.5, 0.6) is 0 Å². The molecule has 0 aliphatic carbocycles. The smallest absolute Gasteiger partial charge is 0.248 e. The largest absolute Gasteiger partial charge is 0.372 e. The van der Waals surface area contributed by atoms with Crippen molar-refractivity contribution >= 4 is 28.9 Å². The Hall–Kier alpha value is -1.22. The highest BCUT2D eigenvalue weighted by Crippen LogP contribution is 2.36. The normalized spacial score (nSPS) is 19.9. The second-order valence-corrected chi connectivity index (χ2v) is 4.32. The number of anilines is 2. The molecule has 0 bridgehead atoms. The van der Waals surface area contributed by atoms with Crippen LogP contribution in [0.25, 0.3) is 0 Å². The first-order valence-electron chi connectivity index (χ1n) is 4.85. The SMILES string of the molecule is Cc1cc(Cl)cc2c1N(C)C(=O)C(C)N2. The molecule has 1 aliphatic heterocycles. The Balaban J connectivity index is 2.60. The molecule has 3 nitrogen and oxygen atoms in total. The molecule has 0 radical (unpaired) electrons. The van der Waals surface area contributed by atoms with Crippen LogP contribution in [0.1, 0.15) is 12.5 Å². The van der Waals surface area contributed by atoms with Gasteiger partial charge < -0.3 is 10.2 Å². The summed E-state index contributed by atoms with van der Waals surface area (Å²) in [6, 6.07) is 3.52. The number of benzene rings is 1. The van der Waals surface area contributed by atoms with Crippen LogP contribution < -0.4 is 10.2 Å². The van der Waals surface area contributed by atoms with E-state index in [1.165, 1.54) is 0 Å². The fraction of sp³-hybridized carbons (Fsp3) is 0.364. The number of fused-ring (bicyclic) bond motifs is 1. The highest BCUT2D eigenvalue weighted by Gasteiger charge is 2.28. The first kappa shape index (κ1) is 10.3. The molecule has 80 valence electrons. The number of hydrogen-bond acceptors (Lipinski definition) is 2. The minimum absolute atomic E-state index is 0.0768. The van der Waals surface area contributed by atoms with Crippen LogP contribution in [0.2, 0.25) is 5.02 Å². The van der Waals surface area contributed by atoms with Crippen molar-refractivity contribution in [3.05, 3.63) is 22.7 Å². The van der Waals surface area contributed by atoms with Gasteiger partial charge in [0.1, 0.15) is 6.04 Å². The molecular formula is C11H13ClN2O. The van der Waals surface area contributed by atoms with Crippen molar-refractivity contribution in [2.45, 2.75) is 19.9 Å². The Kier molecular flexibility index (Phi) is 2.35. The summed E-state index contributed by atoms with van der Waals surface area (Å²) < 4.78 is 0. The maximum Gasteiger partial charge on any atom is 0.248 e. The predicted molar refractivity (Wildman–Crippen MR) is 62.7 cm³/mol. The van der Waals surface area contributed by atoms with Crippen molar-refractivity contribution in [1.82, 2.24) is 0 Å². The number of rotatable bonds is 0. The topological polar surface area (TPSA) is 32.3 Å². The number of hydrogen-bond donors (Lipinski definition) is 1. The third kappa shape index (κ3) is 1.57. The number of aryl methyl sites for hydroxylation is 1. The zero-order valence-corrected chi connectivity index (χ0v) is 9.72. The van der Waals surface area contributed by atoms with Crippen molar-refractivity contribution in [3.63, 3.8) is 0 Å². The van der Waals surface area contributed by atoms with Crippen LogP contribution in [0, 0.1) is 6.92 Å². The monoisotopic (exact) mass is 224 g/mol. The van der Waals surface area contributed by atoms with Crippen LogP contribution in [-0.4, -0.2) is 19.0 Å². The molecule has 1 aromatic carbocycles. The van der Waals surface area contributed by atoms with Gasteiger partial charge in [-0.15, -0.1) is 0 Å². The molecule has 1 amide bonds. The second kappa shape index (κ2) is 3.42. The van der Waals surface area contributed by atoms with Crippen LogP contribution >= 0.6 is 11.6 Å². The summed E-state index contributed by atoms with van der Waals surface area (Å²) >= 11 is 5.97. The zero-order valence-electron chi connectivity index (χ0n) is 8.97. The van der Waals surface area contributed by atoms with Crippen molar-refractivity contribution in [3.8, 4) is 0 Å². The molecule has 1 unspecified atom stereocenters. The van der Waals surface area contributed by atoms with Gasteiger partial charge in [0.05, 0.1) is 11.4 Å². The van der Waals surface area contributed by atoms with Crippen molar-refractivity contribution in [2.75, 3.05) is 17.3 Å². The molecule has 2 rings (SSSR count). The first-order chi connectivity index (χ1) is 7.00. The highest BCUT2D eigenvalue weighted by molar-refractivity contribution is 6.31. The summed E-state index contributed by atoms with van der Waals surface area (Å²) in [6.45, 7) is 3.80. The van der Waals surface area contributed by atoms with Gasteiger partial charge in [-0.3, -0.25) is 4.79 Å². The molecule has 0 aromatic heterocycles. The van der Waals surface area contributed by atoms with Gasteiger partial charge in [-0.1, -0.05) is 11.6 Å². The lowest BCUT2D eigenvalue weighted by Crippen LogP contribution is -2.43. The van der Waals surface area contributed by atoms with Gasteiger partial charge in [0.15, 0.2) is 0 Å². The molecule has 0 fully saturated rings. The molecule has 1 aromatic rings. The highest BCUT2D eigenvalue weighted by atomic mass is 35.5. The summed E-state index contributed by atoms with van der Waals surface area (Å²) in [4.78, 5) is 13.4. The molecule has 1 atom stereocenters. The van der Waals surface area contributed by atoms with Crippen molar-refractivity contribution in [1.29, 1.82) is 0 Å². The van der Waals surface area contributed by atoms with E-state index in [0.29, 0.717) is 5.02 Å². The molecule has 1 N–H and O–H groups in total. The summed E-state index contributed by atoms with van der Waals surface area (Å²) in [5.74, 6) is 0.0768. The van der Waals surface area contributed by atoms with Gasteiger partial charge in [-0.25, -0.2) is 0 Å².